The van der Waals surface area contributed by atoms with Gasteiger partial charge < -0.3 is 4.90 Å². The lowest BCUT2D eigenvalue weighted by atomic mass is 9.70. The topological polar surface area (TPSA) is 54.5 Å². The van der Waals surface area contributed by atoms with E-state index in [9.17, 15) is 14.4 Å². The number of amides is 1. The van der Waals surface area contributed by atoms with Gasteiger partial charge in [0.25, 0.3) is 5.91 Å². The molecule has 4 bridgehead atoms. The van der Waals surface area contributed by atoms with Gasteiger partial charge in [-0.25, -0.2) is 0 Å². The van der Waals surface area contributed by atoms with E-state index in [0.717, 1.165) is 25.7 Å². The van der Waals surface area contributed by atoms with Crippen molar-refractivity contribution >= 4 is 17.5 Å². The van der Waals surface area contributed by atoms with E-state index in [4.69, 9.17) is 0 Å². The number of rotatable bonds is 5. The molecule has 1 aromatic rings. The fourth-order valence-electron chi connectivity index (χ4n) is 8.45. The zero-order valence-electron chi connectivity index (χ0n) is 21.1. The summed E-state index contributed by atoms with van der Waals surface area (Å²) in [5.74, 6) is 0.916. The van der Waals surface area contributed by atoms with Crippen LogP contribution in [0.5, 0.6) is 0 Å². The molecule has 33 heavy (non-hydrogen) atoms. The van der Waals surface area contributed by atoms with Crippen LogP contribution < -0.4 is 0 Å². The lowest BCUT2D eigenvalue weighted by molar-refractivity contribution is -0.132. The van der Waals surface area contributed by atoms with Crippen molar-refractivity contribution in [2.24, 2.45) is 45.3 Å². The first kappa shape index (κ1) is 22.8. The Morgan fingerprint density at radius 3 is 1.58 bits per heavy atom. The molecular formula is C29H39NO3. The average molecular weight is 450 g/mol. The van der Waals surface area contributed by atoms with Crippen molar-refractivity contribution in [3.05, 3.63) is 35.9 Å². The Bertz CT molecular complexity index is 955. The summed E-state index contributed by atoms with van der Waals surface area (Å²) in [6.45, 7) is 14.0. The molecule has 0 saturated heterocycles. The summed E-state index contributed by atoms with van der Waals surface area (Å²) in [5.41, 5.74) is -0.0649. The second kappa shape index (κ2) is 7.02. The van der Waals surface area contributed by atoms with Crippen molar-refractivity contribution in [3.63, 3.8) is 0 Å². The molecule has 1 aromatic carbocycles. The fraction of sp³-hybridized carbons (Fsp3) is 0.690. The number of carbonyl (C=O) groups excluding carboxylic acids is 3. The molecule has 4 aliphatic carbocycles. The van der Waals surface area contributed by atoms with Crippen LogP contribution in [0.4, 0.5) is 0 Å². The molecule has 4 aliphatic rings. The number of fused-ring (bicyclic) bond motifs is 4. The third kappa shape index (κ3) is 2.79. The van der Waals surface area contributed by atoms with E-state index in [1.807, 2.05) is 35.2 Å². The van der Waals surface area contributed by atoms with Crippen molar-refractivity contribution in [3.8, 4) is 0 Å². The number of hydrogen-bond donors (Lipinski definition) is 0. The molecule has 0 aromatic heterocycles. The third-order valence-corrected chi connectivity index (χ3v) is 11.5. The van der Waals surface area contributed by atoms with Gasteiger partial charge in [-0.05, 0) is 60.5 Å². The molecule has 0 N–H and O–H groups in total. The zero-order valence-corrected chi connectivity index (χ0v) is 21.1. The molecule has 0 radical (unpaired) electrons. The number of nitrogens with zero attached hydrogens (tertiary/aromatic N) is 1. The molecule has 6 atom stereocenters. The molecule has 0 heterocycles. The van der Waals surface area contributed by atoms with Gasteiger partial charge in [-0.3, -0.25) is 14.4 Å². The standard InChI is InChI=1S/C29H39NO3/c1-26(2)21-12-14-28(26,5)23(31)19(21)16-30(25(33)18-10-8-7-9-11-18)17-20-22-13-15-29(6,24(20)32)27(22,3)4/h7-11,19-22H,12-17H2,1-6H3/t19-,20-,21+,22+,28+,29+/m1/s1. The van der Waals surface area contributed by atoms with E-state index in [2.05, 4.69) is 41.5 Å². The SMILES string of the molecule is CC1(C)[C@H]2CC[C@@]1(C)C(=O)[C@@H]2CN(C[C@H]1C(=O)[C@]2(C)CC[C@@H]1C2(C)C)C(=O)c1ccccc1. The molecule has 0 aliphatic heterocycles. The Labute approximate surface area is 198 Å². The Balaban J connectivity index is 1.46. The number of ketones is 2. The number of hydrogen-bond acceptors (Lipinski definition) is 3. The van der Waals surface area contributed by atoms with E-state index < -0.39 is 0 Å². The Morgan fingerprint density at radius 1 is 0.788 bits per heavy atom. The summed E-state index contributed by atoms with van der Waals surface area (Å²) in [7, 11) is 0. The molecule has 4 nitrogen and oxygen atoms in total. The lowest BCUT2D eigenvalue weighted by Gasteiger charge is -2.34. The van der Waals surface area contributed by atoms with Crippen LogP contribution in [-0.4, -0.2) is 35.5 Å². The van der Waals surface area contributed by atoms with Crippen LogP contribution >= 0.6 is 0 Å². The number of benzene rings is 1. The molecule has 5 rings (SSSR count). The molecule has 0 unspecified atom stereocenters. The van der Waals surface area contributed by atoms with E-state index >= 15 is 0 Å². The Morgan fingerprint density at radius 2 is 1.21 bits per heavy atom. The monoisotopic (exact) mass is 449 g/mol. The van der Waals surface area contributed by atoms with E-state index in [1.54, 1.807) is 0 Å². The summed E-state index contributed by atoms with van der Waals surface area (Å²) >= 11 is 0. The Kier molecular flexibility index (Phi) is 4.85. The molecule has 178 valence electrons. The van der Waals surface area contributed by atoms with Crippen LogP contribution in [0.3, 0.4) is 0 Å². The predicted molar refractivity (Wildman–Crippen MR) is 129 cm³/mol. The van der Waals surface area contributed by atoms with Gasteiger partial charge in [-0.15, -0.1) is 0 Å². The van der Waals surface area contributed by atoms with Crippen LogP contribution in [0.25, 0.3) is 0 Å². The third-order valence-electron chi connectivity index (χ3n) is 11.5. The van der Waals surface area contributed by atoms with Crippen molar-refractivity contribution in [1.29, 1.82) is 0 Å². The number of carbonyl (C=O) groups is 3. The summed E-state index contributed by atoms with van der Waals surface area (Å²) in [6, 6.07) is 9.36. The van der Waals surface area contributed by atoms with Crippen molar-refractivity contribution in [1.82, 2.24) is 4.90 Å². The van der Waals surface area contributed by atoms with Crippen molar-refractivity contribution in [2.75, 3.05) is 13.1 Å². The van der Waals surface area contributed by atoms with Crippen LogP contribution in [0.15, 0.2) is 30.3 Å². The van der Waals surface area contributed by atoms with E-state index in [-0.39, 0.29) is 39.4 Å². The maximum atomic E-state index is 13.7. The largest absolute Gasteiger partial charge is 0.337 e. The number of Topliss-reactive ketones (excluding diaryl/α,β-unsaturated/α-hetero) is 2. The average Bonchev–Trinajstić information content (AvgIpc) is 3.26. The smallest absolute Gasteiger partial charge is 0.253 e. The van der Waals surface area contributed by atoms with Gasteiger partial charge in [0, 0.05) is 41.3 Å². The molecule has 4 saturated carbocycles. The zero-order chi connectivity index (χ0) is 24.0. The molecular weight excluding hydrogens is 410 g/mol. The van der Waals surface area contributed by atoms with Crippen molar-refractivity contribution in [2.45, 2.75) is 67.2 Å². The summed E-state index contributed by atoms with van der Waals surface area (Å²) in [4.78, 5) is 42.8. The van der Waals surface area contributed by atoms with Gasteiger partial charge in [0.2, 0.25) is 0 Å². The summed E-state index contributed by atoms with van der Waals surface area (Å²) in [6.07, 6.45) is 3.98. The van der Waals surface area contributed by atoms with Crippen molar-refractivity contribution < 1.29 is 14.4 Å². The second-order valence-corrected chi connectivity index (χ2v) is 12.9. The first-order valence-corrected chi connectivity index (χ1v) is 12.8. The highest BCUT2D eigenvalue weighted by atomic mass is 16.2. The highest BCUT2D eigenvalue weighted by Crippen LogP contribution is 2.67. The highest BCUT2D eigenvalue weighted by molar-refractivity contribution is 5.97. The maximum absolute atomic E-state index is 13.7. The van der Waals surface area contributed by atoms with E-state index in [0.29, 0.717) is 42.1 Å². The molecule has 1 amide bonds. The van der Waals surface area contributed by atoms with Gasteiger partial charge >= 0.3 is 0 Å². The lowest BCUT2D eigenvalue weighted by Crippen LogP contribution is -2.46. The van der Waals surface area contributed by atoms with Crippen LogP contribution in [0.1, 0.15) is 77.6 Å². The quantitative estimate of drug-likeness (QED) is 0.604. The van der Waals surface area contributed by atoms with Gasteiger partial charge in [-0.2, -0.15) is 0 Å². The first-order valence-electron chi connectivity index (χ1n) is 12.8. The summed E-state index contributed by atoms with van der Waals surface area (Å²) in [5, 5.41) is 0. The molecule has 0 spiro atoms. The fourth-order valence-corrected chi connectivity index (χ4v) is 8.45. The Hall–Kier alpha value is -1.97. The van der Waals surface area contributed by atoms with Gasteiger partial charge in [0.1, 0.15) is 11.6 Å². The predicted octanol–water partition coefficient (Wildman–Crippen LogP) is 5.41. The minimum atomic E-state index is -0.304. The maximum Gasteiger partial charge on any atom is 0.253 e. The van der Waals surface area contributed by atoms with Gasteiger partial charge in [0.05, 0.1) is 0 Å². The van der Waals surface area contributed by atoms with E-state index in [1.165, 1.54) is 0 Å². The van der Waals surface area contributed by atoms with Gasteiger partial charge in [0.15, 0.2) is 0 Å². The highest BCUT2D eigenvalue weighted by Gasteiger charge is 2.68. The minimum absolute atomic E-state index is 0.0477. The summed E-state index contributed by atoms with van der Waals surface area (Å²) < 4.78 is 0. The first-order chi connectivity index (χ1) is 15.4. The van der Waals surface area contributed by atoms with Crippen LogP contribution in [-0.2, 0) is 9.59 Å². The molecule has 4 fully saturated rings. The van der Waals surface area contributed by atoms with Crippen LogP contribution in [0, 0.1) is 45.3 Å². The molecule has 4 heteroatoms. The van der Waals surface area contributed by atoms with Crippen LogP contribution in [0.2, 0.25) is 0 Å². The second-order valence-electron chi connectivity index (χ2n) is 12.9. The normalized spacial score (nSPS) is 39.9. The van der Waals surface area contributed by atoms with Gasteiger partial charge in [-0.1, -0.05) is 59.7 Å². The minimum Gasteiger partial charge on any atom is -0.337 e.